The molecule has 3 rings (SSSR count). The second kappa shape index (κ2) is 10.8. The van der Waals surface area contributed by atoms with Crippen molar-refractivity contribution in [3.8, 4) is 5.69 Å². The molecule has 0 fully saturated rings. The van der Waals surface area contributed by atoms with Gasteiger partial charge in [-0.1, -0.05) is 63.1 Å². The van der Waals surface area contributed by atoms with E-state index in [0.29, 0.717) is 46.3 Å². The standard InChI is InChI=1S/C26H32ClN3O2/c1-5-6-15-24(31)29(17-16-18(2)3)19(4)25-28-22-13-9-7-11-20(22)26(32)30(25)23-14-10-8-12-21(23)27/h7-14,18-19H,5-6,15-17H2,1-4H3. The van der Waals surface area contributed by atoms with Crippen molar-refractivity contribution in [3.05, 3.63) is 69.7 Å². The van der Waals surface area contributed by atoms with Crippen molar-refractivity contribution in [2.24, 2.45) is 5.92 Å². The van der Waals surface area contributed by atoms with Crippen LogP contribution in [0.2, 0.25) is 5.02 Å². The van der Waals surface area contributed by atoms with Crippen LogP contribution in [-0.2, 0) is 4.79 Å². The smallest absolute Gasteiger partial charge is 0.266 e. The second-order valence-corrected chi connectivity index (χ2v) is 9.04. The first-order chi connectivity index (χ1) is 15.3. The first kappa shape index (κ1) is 24.0. The number of rotatable bonds is 9. The number of amides is 1. The molecule has 0 aliphatic heterocycles. The van der Waals surface area contributed by atoms with Crippen LogP contribution in [0.1, 0.15) is 65.2 Å². The lowest BCUT2D eigenvalue weighted by atomic mass is 10.1. The van der Waals surface area contributed by atoms with E-state index >= 15 is 0 Å². The fraction of sp³-hybridized carbons (Fsp3) is 0.423. The molecule has 0 radical (unpaired) electrons. The van der Waals surface area contributed by atoms with Crippen LogP contribution in [0.3, 0.4) is 0 Å². The van der Waals surface area contributed by atoms with Gasteiger partial charge in [-0.25, -0.2) is 4.98 Å². The van der Waals surface area contributed by atoms with Gasteiger partial charge in [0.2, 0.25) is 5.91 Å². The van der Waals surface area contributed by atoms with Crippen molar-refractivity contribution in [1.82, 2.24) is 14.5 Å². The fourth-order valence-corrected chi connectivity index (χ4v) is 4.06. The van der Waals surface area contributed by atoms with Gasteiger partial charge in [0.15, 0.2) is 0 Å². The number of para-hydroxylation sites is 2. The Morgan fingerprint density at radius 1 is 1.09 bits per heavy atom. The highest BCUT2D eigenvalue weighted by Gasteiger charge is 2.27. The van der Waals surface area contributed by atoms with Gasteiger partial charge in [0.25, 0.3) is 5.56 Å². The largest absolute Gasteiger partial charge is 0.333 e. The maximum atomic E-state index is 13.6. The summed E-state index contributed by atoms with van der Waals surface area (Å²) in [5, 5.41) is 0.987. The van der Waals surface area contributed by atoms with Crippen molar-refractivity contribution >= 4 is 28.4 Å². The molecule has 3 aromatic rings. The molecule has 0 aliphatic carbocycles. The molecule has 0 saturated carbocycles. The van der Waals surface area contributed by atoms with E-state index in [9.17, 15) is 9.59 Å². The van der Waals surface area contributed by atoms with E-state index in [4.69, 9.17) is 16.6 Å². The zero-order valence-electron chi connectivity index (χ0n) is 19.3. The maximum Gasteiger partial charge on any atom is 0.266 e. The van der Waals surface area contributed by atoms with Gasteiger partial charge in [-0.3, -0.25) is 14.2 Å². The third-order valence-corrected chi connectivity index (χ3v) is 6.07. The molecule has 1 heterocycles. The molecule has 1 aromatic heterocycles. The Morgan fingerprint density at radius 2 is 1.78 bits per heavy atom. The van der Waals surface area contributed by atoms with E-state index in [-0.39, 0.29) is 17.5 Å². The van der Waals surface area contributed by atoms with Crippen molar-refractivity contribution in [2.75, 3.05) is 6.54 Å². The van der Waals surface area contributed by atoms with Crippen LogP contribution in [0.15, 0.2) is 53.3 Å². The quantitative estimate of drug-likeness (QED) is 0.389. The molecule has 1 unspecified atom stereocenters. The molecule has 0 aliphatic rings. The molecule has 1 atom stereocenters. The van der Waals surface area contributed by atoms with Crippen LogP contribution in [0.4, 0.5) is 0 Å². The molecule has 0 spiro atoms. The Labute approximate surface area is 195 Å². The number of fused-ring (bicyclic) bond motifs is 1. The Morgan fingerprint density at radius 3 is 2.47 bits per heavy atom. The van der Waals surface area contributed by atoms with Crippen molar-refractivity contribution in [2.45, 2.75) is 59.4 Å². The van der Waals surface area contributed by atoms with Gasteiger partial charge >= 0.3 is 0 Å². The minimum Gasteiger partial charge on any atom is -0.333 e. The summed E-state index contributed by atoms with van der Waals surface area (Å²) in [4.78, 5) is 33.5. The summed E-state index contributed by atoms with van der Waals surface area (Å²) < 4.78 is 1.57. The summed E-state index contributed by atoms with van der Waals surface area (Å²) in [6.45, 7) is 8.94. The molecule has 5 nitrogen and oxygen atoms in total. The lowest BCUT2D eigenvalue weighted by Crippen LogP contribution is -2.38. The summed E-state index contributed by atoms with van der Waals surface area (Å²) in [5.74, 6) is 1.07. The predicted molar refractivity (Wildman–Crippen MR) is 131 cm³/mol. The summed E-state index contributed by atoms with van der Waals surface area (Å²) >= 11 is 6.50. The SMILES string of the molecule is CCCCC(=O)N(CCC(C)C)C(C)c1nc2ccccc2c(=O)n1-c1ccccc1Cl. The van der Waals surface area contributed by atoms with E-state index in [2.05, 4.69) is 20.8 Å². The topological polar surface area (TPSA) is 55.2 Å². The summed E-state index contributed by atoms with van der Waals surface area (Å²) in [7, 11) is 0. The summed E-state index contributed by atoms with van der Waals surface area (Å²) in [6.07, 6.45) is 3.16. The molecular formula is C26H32ClN3O2. The molecule has 2 aromatic carbocycles. The Balaban J connectivity index is 2.20. The Hall–Kier alpha value is -2.66. The average Bonchev–Trinajstić information content (AvgIpc) is 2.78. The number of unbranched alkanes of at least 4 members (excludes halogenated alkanes) is 1. The first-order valence-corrected chi connectivity index (χ1v) is 11.8. The lowest BCUT2D eigenvalue weighted by Gasteiger charge is -2.31. The second-order valence-electron chi connectivity index (χ2n) is 8.63. The highest BCUT2D eigenvalue weighted by molar-refractivity contribution is 6.32. The fourth-order valence-electron chi connectivity index (χ4n) is 3.84. The molecule has 6 heteroatoms. The number of hydrogen-bond donors (Lipinski definition) is 0. The van der Waals surface area contributed by atoms with Crippen LogP contribution in [-0.4, -0.2) is 26.9 Å². The van der Waals surface area contributed by atoms with Crippen molar-refractivity contribution in [3.63, 3.8) is 0 Å². The van der Waals surface area contributed by atoms with Gasteiger partial charge in [0, 0.05) is 13.0 Å². The van der Waals surface area contributed by atoms with Crippen LogP contribution in [0.25, 0.3) is 16.6 Å². The van der Waals surface area contributed by atoms with Gasteiger partial charge in [-0.15, -0.1) is 0 Å². The number of aromatic nitrogens is 2. The highest BCUT2D eigenvalue weighted by Crippen LogP contribution is 2.27. The van der Waals surface area contributed by atoms with Gasteiger partial charge in [-0.2, -0.15) is 0 Å². The van der Waals surface area contributed by atoms with Gasteiger partial charge < -0.3 is 4.90 Å². The van der Waals surface area contributed by atoms with E-state index in [1.54, 1.807) is 16.7 Å². The number of hydrogen-bond acceptors (Lipinski definition) is 3. The predicted octanol–water partition coefficient (Wildman–Crippen LogP) is 6.17. The number of benzene rings is 2. The van der Waals surface area contributed by atoms with Crippen LogP contribution < -0.4 is 5.56 Å². The van der Waals surface area contributed by atoms with Crippen molar-refractivity contribution < 1.29 is 4.79 Å². The lowest BCUT2D eigenvalue weighted by molar-refractivity contribution is -0.133. The van der Waals surface area contributed by atoms with E-state index in [1.807, 2.05) is 48.2 Å². The number of nitrogens with zero attached hydrogens (tertiary/aromatic N) is 3. The summed E-state index contributed by atoms with van der Waals surface area (Å²) in [5.41, 5.74) is 1.01. The van der Waals surface area contributed by atoms with Gasteiger partial charge in [0.1, 0.15) is 5.82 Å². The van der Waals surface area contributed by atoms with Gasteiger partial charge in [0.05, 0.1) is 27.7 Å². The third kappa shape index (κ3) is 5.21. The molecule has 0 bridgehead atoms. The Bertz CT molecular complexity index is 1140. The normalized spacial score (nSPS) is 12.3. The van der Waals surface area contributed by atoms with E-state index < -0.39 is 0 Å². The minimum absolute atomic E-state index is 0.0908. The van der Waals surface area contributed by atoms with Crippen LogP contribution >= 0.6 is 11.6 Å². The van der Waals surface area contributed by atoms with E-state index in [0.717, 1.165) is 19.3 Å². The first-order valence-electron chi connectivity index (χ1n) is 11.4. The molecule has 32 heavy (non-hydrogen) atoms. The number of carbonyl (C=O) groups is 1. The maximum absolute atomic E-state index is 13.6. The third-order valence-electron chi connectivity index (χ3n) is 5.75. The minimum atomic E-state index is -0.383. The van der Waals surface area contributed by atoms with Gasteiger partial charge in [-0.05, 0) is 49.9 Å². The average molecular weight is 454 g/mol. The molecule has 0 saturated heterocycles. The zero-order valence-corrected chi connectivity index (χ0v) is 20.1. The molecule has 1 amide bonds. The molecule has 170 valence electrons. The zero-order chi connectivity index (χ0) is 23.3. The van der Waals surface area contributed by atoms with Crippen LogP contribution in [0.5, 0.6) is 0 Å². The highest BCUT2D eigenvalue weighted by atomic mass is 35.5. The summed E-state index contributed by atoms with van der Waals surface area (Å²) in [6, 6.07) is 14.2. The molecular weight excluding hydrogens is 422 g/mol. The monoisotopic (exact) mass is 453 g/mol. The number of halogens is 1. The Kier molecular flexibility index (Phi) is 8.08. The van der Waals surface area contributed by atoms with E-state index in [1.165, 1.54) is 0 Å². The number of carbonyl (C=O) groups excluding carboxylic acids is 1. The molecule has 0 N–H and O–H groups in total. The van der Waals surface area contributed by atoms with Crippen LogP contribution in [0, 0.1) is 5.92 Å². The van der Waals surface area contributed by atoms with Crippen molar-refractivity contribution in [1.29, 1.82) is 0 Å².